The van der Waals surface area contributed by atoms with E-state index in [9.17, 15) is 0 Å². The Morgan fingerprint density at radius 2 is 2.05 bits per heavy atom. The molecule has 2 aliphatic rings. The molecule has 4 heterocycles. The predicted molar refractivity (Wildman–Crippen MR) is 87.2 cm³/mol. The second-order valence-corrected chi connectivity index (χ2v) is 6.84. The molecule has 2 aromatic rings. The minimum atomic E-state index is 0.325. The third-order valence-electron chi connectivity index (χ3n) is 4.99. The molecule has 0 unspecified atom stereocenters. The number of rotatable bonds is 2. The molecular formula is C16H24N6. The fourth-order valence-corrected chi connectivity index (χ4v) is 3.71. The van der Waals surface area contributed by atoms with E-state index in [1.54, 1.807) is 0 Å². The Morgan fingerprint density at radius 1 is 1.18 bits per heavy atom. The number of piperazine rings is 1. The molecule has 0 aliphatic carbocycles. The van der Waals surface area contributed by atoms with E-state index in [-0.39, 0.29) is 0 Å². The van der Waals surface area contributed by atoms with E-state index in [0.717, 1.165) is 42.3 Å². The van der Waals surface area contributed by atoms with Crippen molar-refractivity contribution >= 4 is 16.9 Å². The van der Waals surface area contributed by atoms with Gasteiger partial charge in [0.25, 0.3) is 0 Å². The Kier molecular flexibility index (Phi) is 3.29. The molecule has 2 saturated heterocycles. The summed E-state index contributed by atoms with van der Waals surface area (Å²) in [7, 11) is 1.96. The van der Waals surface area contributed by atoms with E-state index in [2.05, 4.69) is 28.7 Å². The lowest BCUT2D eigenvalue weighted by molar-refractivity contribution is 0.230. The molecule has 0 aromatic carbocycles. The first-order valence-corrected chi connectivity index (χ1v) is 8.32. The van der Waals surface area contributed by atoms with Gasteiger partial charge in [-0.25, -0.2) is 9.97 Å². The summed E-state index contributed by atoms with van der Waals surface area (Å²) in [5.41, 5.74) is 0.947. The van der Waals surface area contributed by atoms with Crippen molar-refractivity contribution in [1.29, 1.82) is 0 Å². The summed E-state index contributed by atoms with van der Waals surface area (Å²) < 4.78 is 1.86. The van der Waals surface area contributed by atoms with Crippen molar-refractivity contribution in [2.24, 2.45) is 7.05 Å². The van der Waals surface area contributed by atoms with E-state index in [4.69, 9.17) is 9.97 Å². The maximum Gasteiger partial charge on any atom is 0.163 e. The van der Waals surface area contributed by atoms with Crippen LogP contribution in [0.4, 0.5) is 5.82 Å². The molecule has 0 N–H and O–H groups in total. The lowest BCUT2D eigenvalue weighted by Crippen LogP contribution is -2.50. The highest BCUT2D eigenvalue weighted by Crippen LogP contribution is 2.29. The van der Waals surface area contributed by atoms with Crippen molar-refractivity contribution in [1.82, 2.24) is 24.6 Å². The lowest BCUT2D eigenvalue weighted by atomic mass is 10.1. The summed E-state index contributed by atoms with van der Waals surface area (Å²) in [5, 5.41) is 5.48. The molecule has 22 heavy (non-hydrogen) atoms. The fraction of sp³-hybridized carbons (Fsp3) is 0.688. The standard InChI is InChI=1S/C16H24N6/c1-11(2)14-18-15-13(9-17-20(15)3)16(19-14)22-8-7-21-6-4-5-12(21)10-22/h9,11-12H,4-8,10H2,1-3H3/t12-/m1/s1. The van der Waals surface area contributed by atoms with Crippen LogP contribution in [0.2, 0.25) is 0 Å². The minimum absolute atomic E-state index is 0.325. The van der Waals surface area contributed by atoms with Crippen LogP contribution in [0.15, 0.2) is 6.20 Å². The largest absolute Gasteiger partial charge is 0.353 e. The van der Waals surface area contributed by atoms with Crippen LogP contribution < -0.4 is 4.90 Å². The van der Waals surface area contributed by atoms with Crippen LogP contribution in [0.3, 0.4) is 0 Å². The van der Waals surface area contributed by atoms with Crippen LogP contribution in [0, 0.1) is 0 Å². The van der Waals surface area contributed by atoms with E-state index in [0.29, 0.717) is 12.0 Å². The number of anilines is 1. The Morgan fingerprint density at radius 3 is 2.86 bits per heavy atom. The van der Waals surface area contributed by atoms with E-state index >= 15 is 0 Å². The first-order chi connectivity index (χ1) is 10.6. The molecule has 0 radical (unpaired) electrons. The lowest BCUT2D eigenvalue weighted by Gasteiger charge is -2.38. The second-order valence-electron chi connectivity index (χ2n) is 6.84. The van der Waals surface area contributed by atoms with Gasteiger partial charge in [-0.05, 0) is 19.4 Å². The Bertz CT molecular complexity index is 691. The molecule has 0 amide bonds. The number of hydrogen-bond acceptors (Lipinski definition) is 5. The van der Waals surface area contributed by atoms with Crippen molar-refractivity contribution in [3.05, 3.63) is 12.0 Å². The minimum Gasteiger partial charge on any atom is -0.353 e. The maximum atomic E-state index is 4.89. The molecule has 118 valence electrons. The predicted octanol–water partition coefficient (Wildman–Crippen LogP) is 1.77. The molecular weight excluding hydrogens is 276 g/mol. The fourth-order valence-electron chi connectivity index (χ4n) is 3.71. The number of nitrogens with zero attached hydrogens (tertiary/aromatic N) is 6. The Balaban J connectivity index is 1.76. The molecule has 0 spiro atoms. The molecule has 0 saturated carbocycles. The van der Waals surface area contributed by atoms with E-state index in [1.165, 1.54) is 19.4 Å². The molecule has 1 atom stereocenters. The van der Waals surface area contributed by atoms with Crippen molar-refractivity contribution in [2.75, 3.05) is 31.1 Å². The van der Waals surface area contributed by atoms with Gasteiger partial charge < -0.3 is 4.90 Å². The molecule has 2 aliphatic heterocycles. The van der Waals surface area contributed by atoms with Gasteiger partial charge >= 0.3 is 0 Å². The van der Waals surface area contributed by atoms with Crippen molar-refractivity contribution in [3.8, 4) is 0 Å². The summed E-state index contributed by atoms with van der Waals surface area (Å²) in [4.78, 5) is 14.7. The highest BCUT2D eigenvalue weighted by molar-refractivity contribution is 5.87. The number of hydrogen-bond donors (Lipinski definition) is 0. The van der Waals surface area contributed by atoms with Crippen LogP contribution in [0.5, 0.6) is 0 Å². The molecule has 2 aromatic heterocycles. The maximum absolute atomic E-state index is 4.89. The second kappa shape index (κ2) is 5.19. The third-order valence-corrected chi connectivity index (χ3v) is 4.99. The van der Waals surface area contributed by atoms with Gasteiger partial charge in [0.15, 0.2) is 5.65 Å². The third kappa shape index (κ3) is 2.17. The van der Waals surface area contributed by atoms with Crippen LogP contribution >= 0.6 is 0 Å². The summed E-state index contributed by atoms with van der Waals surface area (Å²) in [5.74, 6) is 2.32. The van der Waals surface area contributed by atoms with Gasteiger partial charge in [-0.1, -0.05) is 13.8 Å². The zero-order chi connectivity index (χ0) is 15.3. The molecule has 6 nitrogen and oxygen atoms in total. The Hall–Kier alpha value is -1.69. The molecule has 0 bridgehead atoms. The summed E-state index contributed by atoms with van der Waals surface area (Å²) in [6.07, 6.45) is 4.56. The average Bonchev–Trinajstić information content (AvgIpc) is 3.12. The van der Waals surface area contributed by atoms with E-state index < -0.39 is 0 Å². The van der Waals surface area contributed by atoms with Crippen LogP contribution in [0.1, 0.15) is 38.4 Å². The van der Waals surface area contributed by atoms with Gasteiger partial charge in [-0.3, -0.25) is 9.58 Å². The topological polar surface area (TPSA) is 50.1 Å². The van der Waals surface area contributed by atoms with Gasteiger partial charge in [0, 0.05) is 38.6 Å². The van der Waals surface area contributed by atoms with Gasteiger partial charge in [0.1, 0.15) is 11.6 Å². The number of aromatic nitrogens is 4. The number of aryl methyl sites for hydroxylation is 1. The smallest absolute Gasteiger partial charge is 0.163 e. The van der Waals surface area contributed by atoms with Gasteiger partial charge in [0.2, 0.25) is 0 Å². The van der Waals surface area contributed by atoms with Crippen LogP contribution in [0.25, 0.3) is 11.0 Å². The van der Waals surface area contributed by atoms with Gasteiger partial charge in [-0.15, -0.1) is 0 Å². The molecule has 4 rings (SSSR count). The summed E-state index contributed by atoms with van der Waals surface area (Å²) >= 11 is 0. The van der Waals surface area contributed by atoms with Crippen molar-refractivity contribution in [3.63, 3.8) is 0 Å². The normalized spacial score (nSPS) is 22.7. The first kappa shape index (κ1) is 13.9. The Labute approximate surface area is 131 Å². The van der Waals surface area contributed by atoms with Gasteiger partial charge in [-0.2, -0.15) is 5.10 Å². The monoisotopic (exact) mass is 300 g/mol. The highest BCUT2D eigenvalue weighted by Gasteiger charge is 2.32. The van der Waals surface area contributed by atoms with Crippen LogP contribution in [-0.4, -0.2) is 56.9 Å². The average molecular weight is 300 g/mol. The number of fused-ring (bicyclic) bond motifs is 2. The molecule has 2 fully saturated rings. The zero-order valence-corrected chi connectivity index (χ0v) is 13.7. The highest BCUT2D eigenvalue weighted by atomic mass is 15.3. The first-order valence-electron chi connectivity index (χ1n) is 8.32. The summed E-state index contributed by atoms with van der Waals surface area (Å²) in [6, 6.07) is 0.693. The zero-order valence-electron chi connectivity index (χ0n) is 13.7. The van der Waals surface area contributed by atoms with E-state index in [1.807, 2.05) is 17.9 Å². The van der Waals surface area contributed by atoms with Crippen molar-refractivity contribution < 1.29 is 0 Å². The quantitative estimate of drug-likeness (QED) is 0.846. The summed E-state index contributed by atoms with van der Waals surface area (Å²) in [6.45, 7) is 8.84. The SMILES string of the molecule is CC(C)c1nc(N2CCN3CCC[C@@H]3C2)c2cnn(C)c2n1. The van der Waals surface area contributed by atoms with Gasteiger partial charge in [0.05, 0.1) is 11.6 Å². The van der Waals surface area contributed by atoms with Crippen molar-refractivity contribution in [2.45, 2.75) is 38.6 Å². The molecule has 6 heteroatoms. The van der Waals surface area contributed by atoms with Crippen LogP contribution in [-0.2, 0) is 7.05 Å².